The molecule has 0 spiro atoms. The molecule has 0 radical (unpaired) electrons. The van der Waals surface area contributed by atoms with Crippen LogP contribution in [0.3, 0.4) is 0 Å². The number of Topliss-reactive ketones (excluding diaryl/α,β-unsaturated/α-hetero) is 1. The number of rotatable bonds is 2. The number of hydrogen-bond donors (Lipinski definition) is 0. The van der Waals surface area contributed by atoms with Gasteiger partial charge in [-0.1, -0.05) is 6.07 Å². The highest BCUT2D eigenvalue weighted by Gasteiger charge is 2.01. The topological polar surface area (TPSA) is 17.1 Å². The molecule has 2 heteroatoms. The Bertz CT molecular complexity index is 482. The summed E-state index contributed by atoms with van der Waals surface area (Å²) in [5, 5.41) is 1.26. The van der Waals surface area contributed by atoms with Gasteiger partial charge in [0, 0.05) is 16.0 Å². The number of fused-ring (bicyclic) bond motifs is 1. The van der Waals surface area contributed by atoms with E-state index in [2.05, 4.69) is 25.1 Å². The molecule has 0 bridgehead atoms. The van der Waals surface area contributed by atoms with Gasteiger partial charge in [0.2, 0.25) is 0 Å². The number of aryl methyl sites for hydroxylation is 1. The number of benzene rings is 1. The number of hydrogen-bond acceptors (Lipinski definition) is 2. The Morgan fingerprint density at radius 2 is 2.14 bits per heavy atom. The van der Waals surface area contributed by atoms with Crippen molar-refractivity contribution in [1.82, 2.24) is 0 Å². The summed E-state index contributed by atoms with van der Waals surface area (Å²) in [5.41, 5.74) is 1.11. The Hall–Kier alpha value is -1.15. The van der Waals surface area contributed by atoms with Crippen molar-refractivity contribution in [2.75, 3.05) is 0 Å². The highest BCUT2D eigenvalue weighted by molar-refractivity contribution is 7.19. The fourth-order valence-corrected chi connectivity index (χ4v) is 2.53. The molecule has 0 aliphatic heterocycles. The maximum absolute atomic E-state index is 11.0. The lowest BCUT2D eigenvalue weighted by Gasteiger charge is -1.97. The molecule has 1 heterocycles. The molecule has 0 saturated carbocycles. The van der Waals surface area contributed by atoms with Gasteiger partial charge < -0.3 is 0 Å². The molecule has 1 nitrogen and oxygen atoms in total. The van der Waals surface area contributed by atoms with Crippen molar-refractivity contribution < 1.29 is 4.79 Å². The first-order valence-electron chi connectivity index (χ1n) is 4.63. The van der Waals surface area contributed by atoms with Crippen LogP contribution in [-0.4, -0.2) is 5.78 Å². The summed E-state index contributed by atoms with van der Waals surface area (Å²) in [6, 6.07) is 8.43. The van der Waals surface area contributed by atoms with Gasteiger partial charge in [-0.2, -0.15) is 0 Å². The fourth-order valence-electron chi connectivity index (χ4n) is 1.62. The number of thiophene rings is 1. The Balaban J connectivity index is 2.45. The van der Waals surface area contributed by atoms with Crippen LogP contribution in [0.5, 0.6) is 0 Å². The van der Waals surface area contributed by atoms with Crippen molar-refractivity contribution in [3.8, 4) is 0 Å². The van der Waals surface area contributed by atoms with Crippen LogP contribution >= 0.6 is 11.3 Å². The smallest absolute Gasteiger partial charge is 0.134 e. The molecule has 0 atom stereocenters. The zero-order chi connectivity index (χ0) is 10.1. The van der Waals surface area contributed by atoms with Gasteiger partial charge in [-0.25, -0.2) is 0 Å². The normalized spacial score (nSPS) is 10.7. The van der Waals surface area contributed by atoms with Gasteiger partial charge in [0.1, 0.15) is 5.78 Å². The molecule has 0 saturated heterocycles. The van der Waals surface area contributed by atoms with Crippen LogP contribution in [0.4, 0.5) is 0 Å². The van der Waals surface area contributed by atoms with Crippen molar-refractivity contribution >= 4 is 27.2 Å². The highest BCUT2D eigenvalue weighted by Crippen LogP contribution is 2.25. The van der Waals surface area contributed by atoms with Crippen LogP contribution < -0.4 is 0 Å². The number of carbonyl (C=O) groups excluding carboxylic acids is 1. The summed E-state index contributed by atoms with van der Waals surface area (Å²) in [6.07, 6.45) is 0.546. The summed E-state index contributed by atoms with van der Waals surface area (Å²) in [4.78, 5) is 12.3. The lowest BCUT2D eigenvalue weighted by Crippen LogP contribution is -1.95. The van der Waals surface area contributed by atoms with Crippen molar-refractivity contribution in [3.05, 3.63) is 34.7 Å². The highest BCUT2D eigenvalue weighted by atomic mass is 32.1. The summed E-state index contributed by atoms with van der Waals surface area (Å²) >= 11 is 1.79. The predicted molar refractivity (Wildman–Crippen MR) is 60.9 cm³/mol. The first-order chi connectivity index (χ1) is 6.65. The third-order valence-corrected chi connectivity index (χ3v) is 3.19. The molecule has 1 aromatic carbocycles. The SMILES string of the molecule is CC(=O)Cc1ccc2sc(C)cc2c1. The summed E-state index contributed by atoms with van der Waals surface area (Å²) in [5.74, 6) is 0.219. The first-order valence-corrected chi connectivity index (χ1v) is 5.45. The fraction of sp³-hybridized carbons (Fsp3) is 0.250. The number of ketones is 1. The van der Waals surface area contributed by atoms with E-state index in [1.165, 1.54) is 15.0 Å². The van der Waals surface area contributed by atoms with Gasteiger partial charge in [-0.05, 0) is 43.0 Å². The summed E-state index contributed by atoms with van der Waals surface area (Å²) in [7, 11) is 0. The van der Waals surface area contributed by atoms with E-state index in [1.807, 2.05) is 6.07 Å². The average Bonchev–Trinajstić information content (AvgIpc) is 2.42. The first kappa shape index (κ1) is 9.41. The monoisotopic (exact) mass is 204 g/mol. The standard InChI is InChI=1S/C12H12OS/c1-8(13)5-10-3-4-12-11(7-10)6-9(2)14-12/h3-4,6-7H,5H2,1-2H3. The molecule has 2 rings (SSSR count). The van der Waals surface area contributed by atoms with Crippen LogP contribution in [0.1, 0.15) is 17.4 Å². The maximum atomic E-state index is 11.0. The van der Waals surface area contributed by atoms with Crippen LogP contribution in [-0.2, 0) is 11.2 Å². The Kier molecular flexibility index (Phi) is 2.38. The molecule has 0 unspecified atom stereocenters. The molecule has 0 N–H and O–H groups in total. The van der Waals surface area contributed by atoms with E-state index in [-0.39, 0.29) is 5.78 Å². The molecule has 0 aliphatic carbocycles. The summed E-state index contributed by atoms with van der Waals surface area (Å²) < 4.78 is 1.30. The molecule has 2 aromatic rings. The third kappa shape index (κ3) is 1.85. The second kappa shape index (κ2) is 3.54. The van der Waals surface area contributed by atoms with E-state index in [0.717, 1.165) is 5.56 Å². The molecule has 14 heavy (non-hydrogen) atoms. The van der Waals surface area contributed by atoms with Crippen molar-refractivity contribution in [2.24, 2.45) is 0 Å². The third-order valence-electron chi connectivity index (χ3n) is 2.16. The lowest BCUT2D eigenvalue weighted by molar-refractivity contribution is -0.116. The maximum Gasteiger partial charge on any atom is 0.134 e. The Labute approximate surface area is 87.4 Å². The molecule has 0 amide bonds. The average molecular weight is 204 g/mol. The molecular formula is C12H12OS. The van der Waals surface area contributed by atoms with Crippen LogP contribution in [0, 0.1) is 6.92 Å². The van der Waals surface area contributed by atoms with Crippen molar-refractivity contribution in [2.45, 2.75) is 20.3 Å². The van der Waals surface area contributed by atoms with E-state index in [0.29, 0.717) is 6.42 Å². The molecule has 0 aliphatic rings. The Morgan fingerprint density at radius 1 is 1.36 bits per heavy atom. The van der Waals surface area contributed by atoms with E-state index < -0.39 is 0 Å². The zero-order valence-corrected chi connectivity index (χ0v) is 9.15. The predicted octanol–water partition coefficient (Wildman–Crippen LogP) is 3.34. The number of carbonyl (C=O) groups is 1. The van der Waals surface area contributed by atoms with E-state index >= 15 is 0 Å². The van der Waals surface area contributed by atoms with Gasteiger partial charge in [0.15, 0.2) is 0 Å². The minimum Gasteiger partial charge on any atom is -0.300 e. The van der Waals surface area contributed by atoms with Gasteiger partial charge in [-0.15, -0.1) is 11.3 Å². The van der Waals surface area contributed by atoms with Crippen molar-refractivity contribution in [1.29, 1.82) is 0 Å². The molecule has 0 fully saturated rings. The minimum absolute atomic E-state index is 0.219. The van der Waals surface area contributed by atoms with Crippen LogP contribution in [0.25, 0.3) is 10.1 Å². The van der Waals surface area contributed by atoms with E-state index in [4.69, 9.17) is 0 Å². The summed E-state index contributed by atoms with van der Waals surface area (Å²) in [6.45, 7) is 3.73. The van der Waals surface area contributed by atoms with Gasteiger partial charge >= 0.3 is 0 Å². The van der Waals surface area contributed by atoms with E-state index in [1.54, 1.807) is 18.3 Å². The minimum atomic E-state index is 0.219. The van der Waals surface area contributed by atoms with Gasteiger partial charge in [0.25, 0.3) is 0 Å². The van der Waals surface area contributed by atoms with Crippen LogP contribution in [0.15, 0.2) is 24.3 Å². The largest absolute Gasteiger partial charge is 0.300 e. The van der Waals surface area contributed by atoms with Crippen LogP contribution in [0.2, 0.25) is 0 Å². The molecule has 1 aromatic heterocycles. The lowest BCUT2D eigenvalue weighted by atomic mass is 10.1. The quantitative estimate of drug-likeness (QED) is 0.733. The second-order valence-corrected chi connectivity index (χ2v) is 4.90. The molecular weight excluding hydrogens is 192 g/mol. The molecule has 72 valence electrons. The van der Waals surface area contributed by atoms with Gasteiger partial charge in [-0.3, -0.25) is 4.79 Å². The zero-order valence-electron chi connectivity index (χ0n) is 8.33. The van der Waals surface area contributed by atoms with Crippen molar-refractivity contribution in [3.63, 3.8) is 0 Å². The second-order valence-electron chi connectivity index (χ2n) is 3.61. The Morgan fingerprint density at radius 3 is 2.86 bits per heavy atom. The van der Waals surface area contributed by atoms with Gasteiger partial charge in [0.05, 0.1) is 0 Å². The van der Waals surface area contributed by atoms with E-state index in [9.17, 15) is 4.79 Å².